The number of carbonyl (C=O) groups excluding carboxylic acids is 2. The van der Waals surface area contributed by atoms with Gasteiger partial charge in [-0.25, -0.2) is 0 Å². The highest BCUT2D eigenvalue weighted by Gasteiger charge is 2.50. The number of rotatable bonds is 1. The zero-order valence-corrected chi connectivity index (χ0v) is 13.0. The Kier molecular flexibility index (Phi) is 2.93. The maximum Gasteiger partial charge on any atom is 0.253 e. The van der Waals surface area contributed by atoms with Crippen LogP contribution in [0.3, 0.4) is 0 Å². The zero-order valence-electron chi connectivity index (χ0n) is 14.0. The van der Waals surface area contributed by atoms with Crippen LogP contribution in [0.15, 0.2) is 36.6 Å². The number of benzene rings is 1. The molecule has 5 heteroatoms. The fraction of sp³-hybridized carbons (Fsp3) is 0.444. The van der Waals surface area contributed by atoms with Crippen LogP contribution in [0, 0.1) is 0 Å². The molecule has 2 heterocycles. The number of fused-ring (bicyclic) bond motifs is 1. The van der Waals surface area contributed by atoms with Gasteiger partial charge in [-0.3, -0.25) is 9.59 Å². The van der Waals surface area contributed by atoms with Gasteiger partial charge in [0.2, 0.25) is 5.91 Å². The Morgan fingerprint density at radius 1 is 1.48 bits per heavy atom. The standard InChI is InChI=1S/C18H21N3O2/c1-12-19-17(23)18(20-12)9-10-21(11-18)16(22)15-8-4-6-13-5-2-3-7-14(13)15/h2-3,5,7,15,20H,1,4,6,8-11H2,(H,19,23)/i2T. The monoisotopic (exact) mass is 313 g/mol. The Labute approximate surface area is 137 Å². The van der Waals surface area contributed by atoms with E-state index in [2.05, 4.69) is 17.2 Å². The van der Waals surface area contributed by atoms with Crippen LogP contribution in [-0.4, -0.2) is 35.3 Å². The number of likely N-dealkylation sites (tertiary alicyclic amines) is 1. The van der Waals surface area contributed by atoms with Gasteiger partial charge >= 0.3 is 0 Å². The molecule has 5 nitrogen and oxygen atoms in total. The Morgan fingerprint density at radius 3 is 3.13 bits per heavy atom. The molecule has 1 aliphatic carbocycles. The summed E-state index contributed by atoms with van der Waals surface area (Å²) in [6, 6.07) is 6.04. The molecule has 2 aliphatic heterocycles. The highest BCUT2D eigenvalue weighted by molar-refractivity contribution is 5.93. The predicted octanol–water partition coefficient (Wildman–Crippen LogP) is 1.27. The molecule has 1 aromatic rings. The van der Waals surface area contributed by atoms with E-state index in [1.165, 1.54) is 0 Å². The van der Waals surface area contributed by atoms with Crippen molar-refractivity contribution in [1.82, 2.24) is 15.5 Å². The zero-order chi connectivity index (χ0) is 16.9. The number of nitrogens with one attached hydrogen (secondary N) is 2. The first-order chi connectivity index (χ1) is 11.5. The van der Waals surface area contributed by atoms with Crippen LogP contribution in [0.25, 0.3) is 0 Å². The van der Waals surface area contributed by atoms with Crippen LogP contribution >= 0.6 is 0 Å². The molecule has 0 aromatic heterocycles. The van der Waals surface area contributed by atoms with Gasteiger partial charge in [-0.05, 0) is 36.8 Å². The average Bonchev–Trinajstić information content (AvgIpc) is 3.09. The lowest BCUT2D eigenvalue weighted by molar-refractivity contribution is -0.132. The molecule has 0 saturated carbocycles. The minimum atomic E-state index is -0.713. The van der Waals surface area contributed by atoms with Crippen LogP contribution in [0.5, 0.6) is 0 Å². The fourth-order valence-corrected chi connectivity index (χ4v) is 4.08. The molecule has 2 saturated heterocycles. The second kappa shape index (κ2) is 5.11. The molecule has 0 bridgehead atoms. The molecule has 2 atom stereocenters. The predicted molar refractivity (Wildman–Crippen MR) is 86.5 cm³/mol. The van der Waals surface area contributed by atoms with Crippen LogP contribution < -0.4 is 10.6 Å². The number of amides is 2. The molecule has 120 valence electrons. The van der Waals surface area contributed by atoms with E-state index in [4.69, 9.17) is 1.37 Å². The summed E-state index contributed by atoms with van der Waals surface area (Å²) >= 11 is 0. The lowest BCUT2D eigenvalue weighted by Gasteiger charge is -2.29. The van der Waals surface area contributed by atoms with Gasteiger partial charge in [-0.2, -0.15) is 0 Å². The van der Waals surface area contributed by atoms with Crippen LogP contribution in [0.1, 0.15) is 37.7 Å². The van der Waals surface area contributed by atoms with Gasteiger partial charge in [0.05, 0.1) is 19.7 Å². The lowest BCUT2D eigenvalue weighted by atomic mass is 9.82. The molecule has 1 spiro atoms. The number of aryl methyl sites for hydroxylation is 1. The smallest absolute Gasteiger partial charge is 0.253 e. The topological polar surface area (TPSA) is 61.4 Å². The Hall–Kier alpha value is -2.30. The molecule has 4 rings (SSSR count). The third kappa shape index (κ3) is 2.22. The van der Waals surface area contributed by atoms with E-state index in [0.29, 0.717) is 31.4 Å². The largest absolute Gasteiger partial charge is 0.356 e. The molecule has 2 fully saturated rings. The second-order valence-corrected chi connectivity index (χ2v) is 6.72. The van der Waals surface area contributed by atoms with E-state index in [9.17, 15) is 9.59 Å². The summed E-state index contributed by atoms with van der Waals surface area (Å²) in [4.78, 5) is 27.1. The van der Waals surface area contributed by atoms with Crippen molar-refractivity contribution in [3.05, 3.63) is 47.8 Å². The highest BCUT2D eigenvalue weighted by atomic mass is 16.2. The number of hydrogen-bond donors (Lipinski definition) is 2. The molecular formula is C18H21N3O2. The quantitative estimate of drug-likeness (QED) is 0.821. The van der Waals surface area contributed by atoms with Crippen molar-refractivity contribution in [2.75, 3.05) is 13.1 Å². The molecule has 3 aliphatic rings. The first kappa shape index (κ1) is 13.2. The van der Waals surface area contributed by atoms with Crippen LogP contribution in [0.4, 0.5) is 0 Å². The Bertz CT molecular complexity index is 748. The Morgan fingerprint density at radius 2 is 2.35 bits per heavy atom. The minimum absolute atomic E-state index is 0.0920. The summed E-state index contributed by atoms with van der Waals surface area (Å²) in [5, 5.41) is 5.83. The first-order valence-corrected chi connectivity index (χ1v) is 8.15. The third-order valence-electron chi connectivity index (χ3n) is 5.27. The first-order valence-electron chi connectivity index (χ1n) is 8.65. The summed E-state index contributed by atoms with van der Waals surface area (Å²) in [5.74, 6) is 0.362. The van der Waals surface area contributed by atoms with Gasteiger partial charge in [0.1, 0.15) is 5.54 Å². The minimum Gasteiger partial charge on any atom is -0.356 e. The van der Waals surface area contributed by atoms with E-state index < -0.39 is 5.54 Å². The van der Waals surface area contributed by atoms with E-state index in [1.54, 1.807) is 11.0 Å². The van der Waals surface area contributed by atoms with E-state index in [1.807, 2.05) is 12.1 Å². The van der Waals surface area contributed by atoms with Crippen molar-refractivity contribution in [1.29, 1.82) is 0 Å². The molecule has 23 heavy (non-hydrogen) atoms. The maximum absolute atomic E-state index is 13.1. The summed E-state index contributed by atoms with van der Waals surface area (Å²) in [7, 11) is 0. The maximum atomic E-state index is 13.1. The summed E-state index contributed by atoms with van der Waals surface area (Å²) < 4.78 is 7.77. The number of carbonyl (C=O) groups is 2. The normalized spacial score (nSPS) is 30.0. The highest BCUT2D eigenvalue weighted by Crippen LogP contribution is 2.35. The molecule has 2 unspecified atom stereocenters. The van der Waals surface area contributed by atoms with Gasteiger partial charge in [0.15, 0.2) is 0 Å². The van der Waals surface area contributed by atoms with Crippen LogP contribution in [0.2, 0.25) is 0 Å². The van der Waals surface area contributed by atoms with Crippen molar-refractivity contribution < 1.29 is 11.0 Å². The van der Waals surface area contributed by atoms with Crippen molar-refractivity contribution >= 4 is 11.8 Å². The second-order valence-electron chi connectivity index (χ2n) is 6.72. The van der Waals surface area contributed by atoms with Gasteiger partial charge in [0.25, 0.3) is 5.91 Å². The Balaban J connectivity index is 1.56. The third-order valence-corrected chi connectivity index (χ3v) is 5.27. The van der Waals surface area contributed by atoms with E-state index >= 15 is 0 Å². The molecule has 2 amide bonds. The summed E-state index contributed by atoms with van der Waals surface area (Å²) in [5.41, 5.74) is 1.46. The van der Waals surface area contributed by atoms with Gasteiger partial charge < -0.3 is 15.5 Å². The number of hydrogen-bond acceptors (Lipinski definition) is 3. The van der Waals surface area contributed by atoms with E-state index in [-0.39, 0.29) is 17.7 Å². The molecule has 0 radical (unpaired) electrons. The van der Waals surface area contributed by atoms with Crippen molar-refractivity contribution in [3.63, 3.8) is 0 Å². The molecule has 1 aromatic carbocycles. The van der Waals surface area contributed by atoms with Gasteiger partial charge in [-0.1, -0.05) is 30.8 Å². The summed E-state index contributed by atoms with van der Waals surface area (Å²) in [6.07, 6.45) is 3.33. The lowest BCUT2D eigenvalue weighted by Crippen LogP contribution is -2.49. The van der Waals surface area contributed by atoms with Gasteiger partial charge in [-0.15, -0.1) is 0 Å². The van der Waals surface area contributed by atoms with Crippen molar-refractivity contribution in [2.45, 2.75) is 37.1 Å². The van der Waals surface area contributed by atoms with Crippen molar-refractivity contribution in [2.24, 2.45) is 0 Å². The van der Waals surface area contributed by atoms with Gasteiger partial charge in [0, 0.05) is 6.54 Å². The van der Waals surface area contributed by atoms with E-state index in [0.717, 1.165) is 30.4 Å². The number of nitrogens with zero attached hydrogens (tertiary/aromatic N) is 1. The SMILES string of the molecule is [3H]c1ccc2c(c1)CCCC2C(=O)N1CCC2(C1)NC(=C)NC2=O. The summed E-state index contributed by atoms with van der Waals surface area (Å²) in [6.45, 7) is 4.72. The van der Waals surface area contributed by atoms with Crippen LogP contribution in [-0.2, 0) is 16.0 Å². The van der Waals surface area contributed by atoms with Crippen molar-refractivity contribution in [3.8, 4) is 0 Å². The fourth-order valence-electron chi connectivity index (χ4n) is 4.08. The molecular weight excluding hydrogens is 290 g/mol. The molecule has 2 N–H and O–H groups in total. The average molecular weight is 313 g/mol.